The summed E-state index contributed by atoms with van der Waals surface area (Å²) in [5.74, 6) is 2.12. The van der Waals surface area contributed by atoms with Crippen LogP contribution < -0.4 is 10.1 Å². The van der Waals surface area contributed by atoms with Crippen molar-refractivity contribution in [1.82, 2.24) is 0 Å². The van der Waals surface area contributed by atoms with Crippen LogP contribution in [0.15, 0.2) is 60.7 Å². The van der Waals surface area contributed by atoms with Crippen LogP contribution in [-0.4, -0.2) is 22.6 Å². The lowest BCUT2D eigenvalue weighted by Gasteiger charge is -2.28. The van der Waals surface area contributed by atoms with Crippen molar-refractivity contribution in [2.45, 2.75) is 49.6 Å². The first-order chi connectivity index (χ1) is 20.5. The third kappa shape index (κ3) is 7.18. The van der Waals surface area contributed by atoms with Gasteiger partial charge < -0.3 is 15.2 Å². The highest BCUT2D eigenvalue weighted by Crippen LogP contribution is 2.55. The van der Waals surface area contributed by atoms with Gasteiger partial charge in [-0.3, -0.25) is 9.59 Å². The molecule has 1 amide bonds. The summed E-state index contributed by atoms with van der Waals surface area (Å²) in [4.78, 5) is 24.6. The largest absolute Gasteiger partial charge is 0.427 e. The molecule has 0 saturated heterocycles. The maximum Gasteiger partial charge on any atom is 0.417 e. The minimum atomic E-state index is -4.96. The van der Waals surface area contributed by atoms with Crippen molar-refractivity contribution in [3.05, 3.63) is 94.3 Å². The highest BCUT2D eigenvalue weighted by atomic mass is 19.4. The average molecular weight is 619 g/mol. The molecule has 13 heteroatoms. The van der Waals surface area contributed by atoms with Gasteiger partial charge in [0.05, 0.1) is 22.8 Å². The summed E-state index contributed by atoms with van der Waals surface area (Å²) >= 11 is 0. The quantitative estimate of drug-likeness (QED) is 0.142. The van der Waals surface area contributed by atoms with Gasteiger partial charge >= 0.3 is 18.3 Å². The second kappa shape index (κ2) is 11.7. The van der Waals surface area contributed by atoms with Gasteiger partial charge in [-0.05, 0) is 79.1 Å². The number of hydrogen-bond donors (Lipinski definition) is 2. The number of hydrogen-bond acceptors (Lipinski definition) is 5. The second-order valence-corrected chi connectivity index (χ2v) is 10.2. The summed E-state index contributed by atoms with van der Waals surface area (Å²) in [6.45, 7) is 1.18. The first-order valence-corrected chi connectivity index (χ1v) is 12.8. The topological polar surface area (TPSA) is 99.4 Å². The highest BCUT2D eigenvalue weighted by Gasteiger charge is 2.54. The van der Waals surface area contributed by atoms with E-state index in [-0.39, 0.29) is 24.2 Å². The summed E-state index contributed by atoms with van der Waals surface area (Å²) < 4.78 is 100. The van der Waals surface area contributed by atoms with E-state index < -0.39 is 75.4 Å². The van der Waals surface area contributed by atoms with Gasteiger partial charge in [0.1, 0.15) is 11.6 Å². The van der Waals surface area contributed by atoms with Crippen molar-refractivity contribution in [2.24, 2.45) is 0 Å². The van der Waals surface area contributed by atoms with E-state index in [1.54, 1.807) is 0 Å². The molecule has 0 radical (unpaired) electrons. The molecule has 2 N–H and O–H groups in total. The molecule has 1 aliphatic rings. The van der Waals surface area contributed by atoms with Gasteiger partial charge in [0, 0.05) is 30.0 Å². The average Bonchev–Trinajstić information content (AvgIpc) is 3.71. The van der Waals surface area contributed by atoms with Crippen molar-refractivity contribution < 1.29 is 50.2 Å². The number of alkyl halides is 6. The number of benzene rings is 3. The molecule has 228 valence electrons. The lowest BCUT2D eigenvalue weighted by molar-refractivity contribution is -0.138. The molecule has 1 saturated carbocycles. The Balaban J connectivity index is 1.74. The zero-order valence-corrected chi connectivity index (χ0v) is 22.7. The van der Waals surface area contributed by atoms with E-state index in [0.717, 1.165) is 12.1 Å². The van der Waals surface area contributed by atoms with Gasteiger partial charge in [0.2, 0.25) is 5.60 Å². The van der Waals surface area contributed by atoms with Crippen LogP contribution in [0.2, 0.25) is 0 Å². The Hall–Kier alpha value is -4.88. The minimum absolute atomic E-state index is 0.0780. The van der Waals surface area contributed by atoms with Crippen LogP contribution in [0.5, 0.6) is 5.75 Å². The van der Waals surface area contributed by atoms with Crippen LogP contribution in [0, 0.1) is 29.0 Å². The highest BCUT2D eigenvalue weighted by molar-refractivity contribution is 6.00. The van der Waals surface area contributed by atoms with E-state index in [1.165, 1.54) is 37.3 Å². The number of nitrogens with one attached hydrogen (secondary N) is 1. The SMILES string of the molecule is CC(=O)Oc1ccc(C#CC(O)(CC2(c3cc(C(F)(F)F)ccc3F)CC2)C(=O)Nc2ccc(C#N)c(C(F)(F)F)c2)cc1. The van der Waals surface area contributed by atoms with Crippen molar-refractivity contribution in [2.75, 3.05) is 5.32 Å². The Morgan fingerprint density at radius 2 is 1.64 bits per heavy atom. The van der Waals surface area contributed by atoms with Crippen LogP contribution >= 0.6 is 0 Å². The lowest BCUT2D eigenvalue weighted by Crippen LogP contribution is -2.44. The predicted molar refractivity (Wildman–Crippen MR) is 141 cm³/mol. The summed E-state index contributed by atoms with van der Waals surface area (Å²) in [6, 6.07) is 10.9. The molecule has 0 spiro atoms. The minimum Gasteiger partial charge on any atom is -0.427 e. The zero-order chi connectivity index (χ0) is 32.5. The van der Waals surface area contributed by atoms with Crippen molar-refractivity contribution in [3.8, 4) is 23.7 Å². The van der Waals surface area contributed by atoms with Gasteiger partial charge in [-0.25, -0.2) is 4.39 Å². The number of anilines is 1. The maximum absolute atomic E-state index is 14.9. The van der Waals surface area contributed by atoms with Gasteiger partial charge in [0.15, 0.2) is 0 Å². The van der Waals surface area contributed by atoms with Crippen LogP contribution in [0.1, 0.15) is 54.0 Å². The summed E-state index contributed by atoms with van der Waals surface area (Å²) in [5, 5.41) is 22.8. The normalized spacial score (nSPS) is 15.2. The third-order valence-corrected chi connectivity index (χ3v) is 6.92. The standard InChI is InChI=1S/C31H21F7N2O4/c1-18(41)44-23-7-2-19(3-8-23)10-11-29(43,27(42)40-22-6-4-20(16-39)24(15-22)31(36,37)38)17-28(12-13-28)25-14-21(30(33,34)35)5-9-26(25)32/h2-9,14-15,43H,12-13,17H2,1H3,(H,40,42). The van der Waals surface area contributed by atoms with Gasteiger partial charge in [-0.1, -0.05) is 11.8 Å². The molecule has 3 aromatic carbocycles. The Morgan fingerprint density at radius 3 is 2.18 bits per heavy atom. The number of halogens is 7. The monoisotopic (exact) mass is 618 g/mol. The zero-order valence-electron chi connectivity index (χ0n) is 22.7. The molecule has 44 heavy (non-hydrogen) atoms. The molecule has 0 bridgehead atoms. The van der Waals surface area contributed by atoms with Gasteiger partial charge in [0.25, 0.3) is 5.91 Å². The molecule has 1 aliphatic carbocycles. The van der Waals surface area contributed by atoms with Crippen LogP contribution in [0.25, 0.3) is 0 Å². The van der Waals surface area contributed by atoms with E-state index in [1.807, 2.05) is 0 Å². The first-order valence-electron chi connectivity index (χ1n) is 12.8. The number of esters is 1. The smallest absolute Gasteiger partial charge is 0.417 e. The van der Waals surface area contributed by atoms with Crippen LogP contribution in [0.3, 0.4) is 0 Å². The number of amides is 1. The lowest BCUT2D eigenvalue weighted by atomic mass is 9.81. The molecule has 1 fully saturated rings. The molecule has 1 atom stereocenters. The summed E-state index contributed by atoms with van der Waals surface area (Å²) in [7, 11) is 0. The predicted octanol–water partition coefficient (Wildman–Crippen LogP) is 6.50. The van der Waals surface area contributed by atoms with E-state index in [0.29, 0.717) is 24.3 Å². The molecular formula is C31H21F7N2O4. The number of aliphatic hydroxyl groups is 1. The van der Waals surface area contributed by atoms with E-state index in [9.17, 15) is 45.4 Å². The van der Waals surface area contributed by atoms with E-state index in [4.69, 9.17) is 10.00 Å². The Bertz CT molecular complexity index is 1710. The fourth-order valence-corrected chi connectivity index (χ4v) is 4.61. The van der Waals surface area contributed by atoms with Crippen LogP contribution in [-0.2, 0) is 27.4 Å². The fraction of sp³-hybridized carbons (Fsp3) is 0.258. The first kappa shape index (κ1) is 32.0. The molecule has 0 heterocycles. The second-order valence-electron chi connectivity index (χ2n) is 10.2. The number of carbonyl (C=O) groups excluding carboxylic acids is 2. The van der Waals surface area contributed by atoms with E-state index in [2.05, 4.69) is 17.2 Å². The molecule has 6 nitrogen and oxygen atoms in total. The molecule has 1 unspecified atom stereocenters. The third-order valence-electron chi connectivity index (χ3n) is 6.92. The number of rotatable bonds is 6. The summed E-state index contributed by atoms with van der Waals surface area (Å²) in [6.07, 6.45) is -10.3. The van der Waals surface area contributed by atoms with Crippen molar-refractivity contribution in [1.29, 1.82) is 5.26 Å². The number of nitriles is 1. The summed E-state index contributed by atoms with van der Waals surface area (Å²) in [5.41, 5.74) is -8.09. The van der Waals surface area contributed by atoms with Crippen molar-refractivity contribution >= 4 is 17.6 Å². The number of carbonyl (C=O) groups is 2. The molecule has 3 aromatic rings. The molecule has 0 aromatic heterocycles. The van der Waals surface area contributed by atoms with Gasteiger partial charge in [-0.2, -0.15) is 31.6 Å². The number of ether oxygens (including phenoxy) is 1. The van der Waals surface area contributed by atoms with Crippen LogP contribution in [0.4, 0.5) is 36.4 Å². The Kier molecular flexibility index (Phi) is 8.49. The molecular weight excluding hydrogens is 597 g/mol. The van der Waals surface area contributed by atoms with Gasteiger partial charge in [-0.15, -0.1) is 0 Å². The number of nitrogens with zero attached hydrogens (tertiary/aromatic N) is 1. The maximum atomic E-state index is 14.9. The van der Waals surface area contributed by atoms with E-state index >= 15 is 0 Å². The van der Waals surface area contributed by atoms with Crippen molar-refractivity contribution in [3.63, 3.8) is 0 Å². The Labute approximate surface area is 246 Å². The Morgan fingerprint density at radius 1 is 0.977 bits per heavy atom. The fourth-order valence-electron chi connectivity index (χ4n) is 4.61. The molecule has 4 rings (SSSR count). The molecule has 0 aliphatic heterocycles.